The number of nitrogens with zero attached hydrogens (tertiary/aromatic N) is 3. The molecule has 1 aliphatic heterocycles. The van der Waals surface area contributed by atoms with E-state index in [1.54, 1.807) is 13.8 Å². The van der Waals surface area contributed by atoms with Crippen molar-refractivity contribution >= 4 is 35.4 Å². The maximum absolute atomic E-state index is 13.6. The van der Waals surface area contributed by atoms with E-state index in [1.807, 2.05) is 0 Å². The van der Waals surface area contributed by atoms with Crippen molar-refractivity contribution in [2.24, 2.45) is 5.92 Å². The van der Waals surface area contributed by atoms with E-state index in [0.29, 0.717) is 22.3 Å². The Balaban J connectivity index is 1.71. The van der Waals surface area contributed by atoms with Crippen molar-refractivity contribution < 1.29 is 48.0 Å². The fourth-order valence-corrected chi connectivity index (χ4v) is 5.10. The number of carbonyl (C=O) groups excluding carboxylic acids is 4. The second-order valence-electron chi connectivity index (χ2n) is 11.5. The van der Waals surface area contributed by atoms with Crippen LogP contribution in [0.3, 0.4) is 0 Å². The first-order valence-corrected chi connectivity index (χ1v) is 14.3. The zero-order valence-corrected chi connectivity index (χ0v) is 26.5. The predicted molar refractivity (Wildman–Crippen MR) is 164 cm³/mol. The van der Waals surface area contributed by atoms with Gasteiger partial charge in [0.25, 0.3) is 11.4 Å². The maximum atomic E-state index is 13.6. The Morgan fingerprint density at radius 2 is 1.38 bits per heavy atom. The van der Waals surface area contributed by atoms with Crippen molar-refractivity contribution in [3.63, 3.8) is 0 Å². The van der Waals surface area contributed by atoms with Crippen LogP contribution in [-0.2, 0) is 46.5 Å². The Labute approximate surface area is 270 Å². The molecule has 1 aliphatic rings. The predicted octanol–water partition coefficient (Wildman–Crippen LogP) is 5.31. The van der Waals surface area contributed by atoms with Gasteiger partial charge in [-0.15, -0.1) is 0 Å². The third-order valence-electron chi connectivity index (χ3n) is 7.35. The number of esters is 2. The summed E-state index contributed by atoms with van der Waals surface area (Å²) in [5, 5.41) is 21.7. The zero-order valence-electron chi connectivity index (χ0n) is 26.5. The number of ether oxygens (including phenoxy) is 4. The molecular weight excluding hydrogens is 618 g/mol. The van der Waals surface area contributed by atoms with Crippen molar-refractivity contribution in [2.45, 2.75) is 65.4 Å². The van der Waals surface area contributed by atoms with Crippen LogP contribution in [0.2, 0.25) is 0 Å². The SMILES string of the molecule is C=C(CC(=O)OCc1ccc([N+](=O)[O-])cc1)CC1C(C(C)(C)OC(=O)OCc2ccc([N+](=O)[O-])cc2)C(=O)N1C(C(=O)OC)=C(C)C. The molecule has 0 N–H and O–H groups in total. The number of non-ortho nitro benzene ring substituents is 2. The lowest BCUT2D eigenvalue weighted by atomic mass is 9.72. The molecule has 0 spiro atoms. The topological polar surface area (TPSA) is 195 Å². The summed E-state index contributed by atoms with van der Waals surface area (Å²) in [6, 6.07) is 10.1. The number of nitro groups is 2. The highest BCUT2D eigenvalue weighted by atomic mass is 16.7. The van der Waals surface area contributed by atoms with Gasteiger partial charge in [-0.05, 0) is 75.1 Å². The quantitative estimate of drug-likeness (QED) is 0.0486. The van der Waals surface area contributed by atoms with Gasteiger partial charge in [-0.2, -0.15) is 0 Å². The molecule has 0 aromatic heterocycles. The molecule has 47 heavy (non-hydrogen) atoms. The Bertz CT molecular complexity index is 1590. The Hall–Kier alpha value is -5.60. The molecule has 15 nitrogen and oxygen atoms in total. The number of amides is 1. The minimum Gasteiger partial charge on any atom is -0.464 e. The Morgan fingerprint density at radius 3 is 1.83 bits per heavy atom. The van der Waals surface area contributed by atoms with Crippen LogP contribution in [0, 0.1) is 26.1 Å². The van der Waals surface area contributed by atoms with E-state index in [2.05, 4.69) is 6.58 Å². The summed E-state index contributed by atoms with van der Waals surface area (Å²) in [6.45, 7) is 9.87. The van der Waals surface area contributed by atoms with E-state index in [-0.39, 0.29) is 43.1 Å². The number of rotatable bonds is 14. The summed E-state index contributed by atoms with van der Waals surface area (Å²) in [6.07, 6.45) is -1.30. The fourth-order valence-electron chi connectivity index (χ4n) is 5.10. The molecule has 2 unspecified atom stereocenters. The molecule has 2 aromatic carbocycles. The summed E-state index contributed by atoms with van der Waals surface area (Å²) < 4.78 is 20.9. The third-order valence-corrected chi connectivity index (χ3v) is 7.35. The van der Waals surface area contributed by atoms with Crippen LogP contribution >= 0.6 is 0 Å². The molecular formula is C32H35N3O12. The van der Waals surface area contributed by atoms with Crippen LogP contribution in [0.25, 0.3) is 0 Å². The second-order valence-corrected chi connectivity index (χ2v) is 11.5. The van der Waals surface area contributed by atoms with Crippen molar-refractivity contribution in [3.05, 3.63) is 103 Å². The van der Waals surface area contributed by atoms with E-state index >= 15 is 0 Å². The molecule has 1 saturated heterocycles. The van der Waals surface area contributed by atoms with Gasteiger partial charge < -0.3 is 23.8 Å². The molecule has 1 fully saturated rings. The van der Waals surface area contributed by atoms with E-state index in [0.717, 1.165) is 0 Å². The van der Waals surface area contributed by atoms with Gasteiger partial charge in [-0.3, -0.25) is 29.8 Å². The number of methoxy groups -OCH3 is 1. The largest absolute Gasteiger partial charge is 0.509 e. The molecule has 15 heteroatoms. The minimum atomic E-state index is -1.45. The van der Waals surface area contributed by atoms with Crippen LogP contribution in [0.15, 0.2) is 72.0 Å². The highest BCUT2D eigenvalue weighted by Gasteiger charge is 2.58. The molecule has 0 aliphatic carbocycles. The summed E-state index contributed by atoms with van der Waals surface area (Å²) in [5.41, 5.74) is 0.180. The summed E-state index contributed by atoms with van der Waals surface area (Å²) >= 11 is 0. The lowest BCUT2D eigenvalue weighted by Crippen LogP contribution is -2.68. The van der Waals surface area contributed by atoms with Gasteiger partial charge in [-0.1, -0.05) is 12.2 Å². The number of hydrogen-bond donors (Lipinski definition) is 0. The van der Waals surface area contributed by atoms with Crippen LogP contribution in [0.4, 0.5) is 16.2 Å². The molecule has 3 rings (SSSR count). The Kier molecular flexibility index (Phi) is 11.5. The van der Waals surface area contributed by atoms with Crippen molar-refractivity contribution in [2.75, 3.05) is 7.11 Å². The number of carbonyl (C=O) groups is 4. The van der Waals surface area contributed by atoms with Crippen molar-refractivity contribution in [3.8, 4) is 0 Å². The number of nitro benzene ring substituents is 2. The van der Waals surface area contributed by atoms with Crippen molar-refractivity contribution in [1.82, 2.24) is 4.90 Å². The van der Waals surface area contributed by atoms with Gasteiger partial charge in [-0.25, -0.2) is 9.59 Å². The molecule has 0 radical (unpaired) electrons. The highest BCUT2D eigenvalue weighted by molar-refractivity contribution is 5.99. The average molecular weight is 654 g/mol. The monoisotopic (exact) mass is 653 g/mol. The first kappa shape index (κ1) is 35.9. The molecule has 1 amide bonds. The average Bonchev–Trinajstić information content (AvgIpc) is 3.00. The van der Waals surface area contributed by atoms with E-state index in [9.17, 15) is 39.4 Å². The summed E-state index contributed by atoms with van der Waals surface area (Å²) in [5.74, 6) is -2.90. The molecule has 250 valence electrons. The standard InChI is InChI=1S/C32H35N3O12/c1-19(2)28(30(38)44-6)33-25(15-20(3)16-26(36)45-17-21-7-11-23(12-8-21)34(40)41)27(29(33)37)32(4,5)47-31(39)46-18-22-9-13-24(14-10-22)35(42)43/h7-14,25,27H,3,15-18H2,1-2,4-6H3. The van der Waals surface area contributed by atoms with Crippen molar-refractivity contribution in [1.29, 1.82) is 0 Å². The van der Waals surface area contributed by atoms with Crippen LogP contribution in [0.5, 0.6) is 0 Å². The summed E-state index contributed by atoms with van der Waals surface area (Å²) in [7, 11) is 1.18. The van der Waals surface area contributed by atoms with E-state index in [4.69, 9.17) is 18.9 Å². The molecule has 2 atom stereocenters. The van der Waals surface area contributed by atoms with E-state index in [1.165, 1.54) is 74.4 Å². The normalized spacial score (nSPS) is 15.5. The Morgan fingerprint density at radius 1 is 0.894 bits per heavy atom. The lowest BCUT2D eigenvalue weighted by molar-refractivity contribution is -0.385. The molecule has 1 heterocycles. The first-order chi connectivity index (χ1) is 22.0. The van der Waals surface area contributed by atoms with E-state index < -0.39 is 51.4 Å². The lowest BCUT2D eigenvalue weighted by Gasteiger charge is -2.52. The number of likely N-dealkylation sites (tertiary alicyclic amines) is 1. The second kappa shape index (κ2) is 15.1. The molecule has 2 aromatic rings. The highest BCUT2D eigenvalue weighted by Crippen LogP contribution is 2.43. The van der Waals surface area contributed by atoms with Gasteiger partial charge in [0.15, 0.2) is 0 Å². The maximum Gasteiger partial charge on any atom is 0.509 e. The van der Waals surface area contributed by atoms with Crippen LogP contribution in [-0.4, -0.2) is 57.5 Å². The fraction of sp³-hybridized carbons (Fsp3) is 0.375. The van der Waals surface area contributed by atoms with Gasteiger partial charge in [0.05, 0.1) is 35.3 Å². The smallest absolute Gasteiger partial charge is 0.464 e. The third kappa shape index (κ3) is 8.99. The minimum absolute atomic E-state index is 0.00356. The van der Waals surface area contributed by atoms with Gasteiger partial charge >= 0.3 is 18.1 Å². The van der Waals surface area contributed by atoms with Gasteiger partial charge in [0, 0.05) is 24.3 Å². The zero-order chi connectivity index (χ0) is 35.1. The molecule has 0 saturated carbocycles. The van der Waals surface area contributed by atoms with Gasteiger partial charge in [0.2, 0.25) is 5.91 Å². The molecule has 0 bridgehead atoms. The number of allylic oxidation sites excluding steroid dienone is 1. The van der Waals surface area contributed by atoms with Crippen LogP contribution in [0.1, 0.15) is 51.7 Å². The van der Waals surface area contributed by atoms with Gasteiger partial charge in [0.1, 0.15) is 24.5 Å². The number of benzene rings is 2. The summed E-state index contributed by atoms with van der Waals surface area (Å²) in [4.78, 5) is 73.4. The number of β-lactam (4-membered cyclic amide) rings is 1. The number of hydrogen-bond acceptors (Lipinski definition) is 12. The first-order valence-electron chi connectivity index (χ1n) is 14.3. The van der Waals surface area contributed by atoms with Crippen LogP contribution < -0.4 is 0 Å².